The highest BCUT2D eigenvalue weighted by Gasteiger charge is 2.30. The first-order valence-electron chi connectivity index (χ1n) is 9.17. The minimum absolute atomic E-state index is 0.104. The number of esters is 1. The second kappa shape index (κ2) is 7.16. The largest absolute Gasteiger partial charge is 0.449 e. The molecule has 6 heteroatoms. The molecular weight excluding hydrogens is 366 g/mol. The van der Waals surface area contributed by atoms with Gasteiger partial charge in [0.05, 0.1) is 5.56 Å². The van der Waals surface area contributed by atoms with Crippen LogP contribution in [0.1, 0.15) is 51.5 Å². The van der Waals surface area contributed by atoms with E-state index in [1.54, 1.807) is 34.5 Å². The van der Waals surface area contributed by atoms with Crippen molar-refractivity contribution in [1.29, 1.82) is 0 Å². The maximum atomic E-state index is 12.7. The molecule has 2 aliphatic rings. The van der Waals surface area contributed by atoms with Gasteiger partial charge in [0, 0.05) is 28.2 Å². The lowest BCUT2D eigenvalue weighted by Crippen LogP contribution is -2.42. The zero-order chi connectivity index (χ0) is 18.3. The lowest BCUT2D eigenvalue weighted by Gasteiger charge is -2.29. The zero-order valence-corrected chi connectivity index (χ0v) is 16.8. The first-order chi connectivity index (χ1) is 12.5. The number of carbonyl (C=O) groups excluding carboxylic acids is 2. The number of fused-ring (bicyclic) bond motifs is 2. The summed E-state index contributed by atoms with van der Waals surface area (Å²) in [5.74, 6) is 0.214. The van der Waals surface area contributed by atoms with E-state index in [1.165, 1.54) is 15.3 Å². The Morgan fingerprint density at radius 2 is 2.12 bits per heavy atom. The Labute approximate surface area is 161 Å². The molecule has 138 valence electrons. The molecule has 1 aliphatic heterocycles. The molecule has 2 aromatic heterocycles. The van der Waals surface area contributed by atoms with Crippen LogP contribution >= 0.6 is 22.7 Å². The predicted molar refractivity (Wildman–Crippen MR) is 104 cm³/mol. The van der Waals surface area contributed by atoms with E-state index < -0.39 is 6.10 Å². The molecule has 1 amide bonds. The number of ether oxygens (including phenoxy) is 1. The van der Waals surface area contributed by atoms with Crippen LogP contribution in [-0.2, 0) is 35.3 Å². The van der Waals surface area contributed by atoms with Gasteiger partial charge in [-0.2, -0.15) is 0 Å². The van der Waals surface area contributed by atoms with Crippen molar-refractivity contribution in [1.82, 2.24) is 4.90 Å². The Kier molecular flexibility index (Phi) is 4.88. The predicted octanol–water partition coefficient (Wildman–Crippen LogP) is 4.06. The van der Waals surface area contributed by atoms with Crippen LogP contribution in [0.2, 0.25) is 0 Å². The highest BCUT2D eigenvalue weighted by molar-refractivity contribution is 7.10. The molecule has 1 aliphatic carbocycles. The van der Waals surface area contributed by atoms with E-state index >= 15 is 0 Å². The normalized spacial score (nSPS) is 20.2. The van der Waals surface area contributed by atoms with Gasteiger partial charge in [-0.3, -0.25) is 4.79 Å². The van der Waals surface area contributed by atoms with Gasteiger partial charge >= 0.3 is 5.97 Å². The summed E-state index contributed by atoms with van der Waals surface area (Å²) in [6, 6.07) is 2.08. The zero-order valence-electron chi connectivity index (χ0n) is 15.1. The Bertz CT molecular complexity index is 838. The van der Waals surface area contributed by atoms with E-state index in [-0.39, 0.29) is 11.9 Å². The van der Waals surface area contributed by atoms with Gasteiger partial charge < -0.3 is 9.64 Å². The smallest absolute Gasteiger partial charge is 0.340 e. The topological polar surface area (TPSA) is 46.6 Å². The van der Waals surface area contributed by atoms with Crippen LogP contribution in [0.4, 0.5) is 0 Å². The Morgan fingerprint density at radius 1 is 1.27 bits per heavy atom. The number of thiophene rings is 2. The van der Waals surface area contributed by atoms with Crippen LogP contribution in [0.3, 0.4) is 0 Å². The minimum Gasteiger partial charge on any atom is -0.449 e. The lowest BCUT2D eigenvalue weighted by atomic mass is 9.88. The van der Waals surface area contributed by atoms with Crippen molar-refractivity contribution in [2.24, 2.45) is 5.92 Å². The number of nitrogens with zero attached hydrogens (tertiary/aromatic N) is 1. The molecule has 0 saturated heterocycles. The molecule has 0 fully saturated rings. The maximum absolute atomic E-state index is 12.7. The second-order valence-electron chi connectivity index (χ2n) is 7.33. The van der Waals surface area contributed by atoms with E-state index in [0.29, 0.717) is 24.6 Å². The summed E-state index contributed by atoms with van der Waals surface area (Å²) in [6.07, 6.45) is 3.21. The van der Waals surface area contributed by atoms with Gasteiger partial charge in [-0.25, -0.2) is 4.79 Å². The van der Waals surface area contributed by atoms with Crippen molar-refractivity contribution >= 4 is 34.6 Å². The molecule has 0 N–H and O–H groups in total. The van der Waals surface area contributed by atoms with Gasteiger partial charge in [-0.05, 0) is 61.1 Å². The van der Waals surface area contributed by atoms with Crippen molar-refractivity contribution in [3.8, 4) is 0 Å². The van der Waals surface area contributed by atoms with Crippen LogP contribution in [0.25, 0.3) is 0 Å². The number of hydrogen-bond acceptors (Lipinski definition) is 5. The molecule has 0 saturated carbocycles. The van der Waals surface area contributed by atoms with Crippen LogP contribution in [-0.4, -0.2) is 29.4 Å². The summed E-state index contributed by atoms with van der Waals surface area (Å²) in [7, 11) is 0. The molecule has 2 unspecified atom stereocenters. The molecule has 0 spiro atoms. The van der Waals surface area contributed by atoms with Gasteiger partial charge in [-0.1, -0.05) is 6.92 Å². The summed E-state index contributed by atoms with van der Waals surface area (Å²) in [4.78, 5) is 29.8. The fraction of sp³-hybridized carbons (Fsp3) is 0.500. The van der Waals surface area contributed by atoms with Crippen molar-refractivity contribution in [3.63, 3.8) is 0 Å². The second-order valence-corrected chi connectivity index (χ2v) is 9.29. The molecule has 2 aromatic rings. The minimum atomic E-state index is -0.749. The van der Waals surface area contributed by atoms with Crippen LogP contribution < -0.4 is 0 Å². The van der Waals surface area contributed by atoms with E-state index in [0.717, 1.165) is 31.2 Å². The van der Waals surface area contributed by atoms with E-state index in [9.17, 15) is 9.59 Å². The standard InChI is InChI=1S/C20H23NO3S2/c1-12-3-4-15-16(11-26-18(15)9-12)20(23)24-13(2)19(22)21-7-5-17-14(10-21)6-8-25-17/h6,8,11-13H,3-5,7,9-10H2,1-2H3. The monoisotopic (exact) mass is 389 g/mol. The summed E-state index contributed by atoms with van der Waals surface area (Å²) < 4.78 is 5.55. The van der Waals surface area contributed by atoms with Gasteiger partial charge in [0.15, 0.2) is 6.10 Å². The lowest BCUT2D eigenvalue weighted by molar-refractivity contribution is -0.140. The Morgan fingerprint density at radius 3 is 2.96 bits per heavy atom. The molecule has 2 atom stereocenters. The van der Waals surface area contributed by atoms with E-state index in [2.05, 4.69) is 18.4 Å². The fourth-order valence-electron chi connectivity index (χ4n) is 3.82. The van der Waals surface area contributed by atoms with E-state index in [4.69, 9.17) is 4.74 Å². The molecular formula is C20H23NO3S2. The fourth-order valence-corrected chi connectivity index (χ4v) is 5.94. The van der Waals surface area contributed by atoms with Gasteiger partial charge in [0.1, 0.15) is 0 Å². The molecule has 0 aromatic carbocycles. The summed E-state index contributed by atoms with van der Waals surface area (Å²) in [5.41, 5.74) is 3.02. The van der Waals surface area contributed by atoms with Crippen LogP contribution in [0, 0.1) is 5.92 Å². The number of amides is 1. The van der Waals surface area contributed by atoms with Crippen LogP contribution in [0.15, 0.2) is 16.8 Å². The van der Waals surface area contributed by atoms with Gasteiger partial charge in [0.2, 0.25) is 0 Å². The third-order valence-electron chi connectivity index (χ3n) is 5.37. The summed E-state index contributed by atoms with van der Waals surface area (Å²) >= 11 is 3.39. The third-order valence-corrected chi connectivity index (χ3v) is 7.45. The van der Waals surface area contributed by atoms with Gasteiger partial charge in [0.25, 0.3) is 5.91 Å². The molecule has 3 heterocycles. The first-order valence-corrected chi connectivity index (χ1v) is 10.9. The molecule has 26 heavy (non-hydrogen) atoms. The van der Waals surface area contributed by atoms with Gasteiger partial charge in [-0.15, -0.1) is 22.7 Å². The Balaban J connectivity index is 1.41. The maximum Gasteiger partial charge on any atom is 0.340 e. The molecule has 4 rings (SSSR count). The molecule has 0 bridgehead atoms. The van der Waals surface area contributed by atoms with Crippen molar-refractivity contribution in [2.75, 3.05) is 6.54 Å². The number of hydrogen-bond donors (Lipinski definition) is 0. The summed E-state index contributed by atoms with van der Waals surface area (Å²) in [6.45, 7) is 5.24. The first kappa shape index (κ1) is 17.7. The highest BCUT2D eigenvalue weighted by Crippen LogP contribution is 2.33. The summed E-state index contributed by atoms with van der Waals surface area (Å²) in [5, 5.41) is 3.98. The van der Waals surface area contributed by atoms with Crippen molar-refractivity contribution in [2.45, 2.75) is 52.2 Å². The van der Waals surface area contributed by atoms with E-state index in [1.807, 2.05) is 5.38 Å². The van der Waals surface area contributed by atoms with Crippen LogP contribution in [0.5, 0.6) is 0 Å². The number of rotatable bonds is 3. The molecule has 0 radical (unpaired) electrons. The SMILES string of the molecule is CC1CCc2c(C(=O)OC(C)C(=O)N3CCc4sccc4C3)csc2C1. The number of carbonyl (C=O) groups is 2. The average molecular weight is 390 g/mol. The molecule has 4 nitrogen and oxygen atoms in total. The highest BCUT2D eigenvalue weighted by atomic mass is 32.1. The third kappa shape index (κ3) is 3.32. The van der Waals surface area contributed by atoms with Crippen molar-refractivity contribution < 1.29 is 14.3 Å². The quantitative estimate of drug-likeness (QED) is 0.744. The Hall–Kier alpha value is -1.66. The van der Waals surface area contributed by atoms with Crippen molar-refractivity contribution in [3.05, 3.63) is 43.3 Å². The average Bonchev–Trinajstić information content (AvgIpc) is 3.26.